The lowest BCUT2D eigenvalue weighted by molar-refractivity contribution is -0.143. The molecule has 0 saturated carbocycles. The van der Waals surface area contributed by atoms with Gasteiger partial charge in [0.15, 0.2) is 0 Å². The van der Waals surface area contributed by atoms with Crippen LogP contribution in [0.1, 0.15) is 25.3 Å². The SMILES string of the molecule is CC(c1ccccc1)C(C)(N)C(=O)O. The molecule has 0 radical (unpaired) electrons. The molecule has 2 unspecified atom stereocenters. The van der Waals surface area contributed by atoms with Gasteiger partial charge in [-0.3, -0.25) is 4.79 Å². The Balaban J connectivity index is 2.96. The first-order valence-electron chi connectivity index (χ1n) is 4.53. The highest BCUT2D eigenvalue weighted by Crippen LogP contribution is 2.25. The quantitative estimate of drug-likeness (QED) is 0.766. The number of benzene rings is 1. The Kier molecular flexibility index (Phi) is 2.91. The molecule has 14 heavy (non-hydrogen) atoms. The van der Waals surface area contributed by atoms with E-state index in [1.54, 1.807) is 0 Å². The van der Waals surface area contributed by atoms with Crippen LogP contribution in [-0.4, -0.2) is 16.6 Å². The maximum Gasteiger partial charge on any atom is 0.324 e. The van der Waals surface area contributed by atoms with Gasteiger partial charge in [-0.25, -0.2) is 0 Å². The second-order valence-electron chi connectivity index (χ2n) is 3.72. The van der Waals surface area contributed by atoms with E-state index in [2.05, 4.69) is 0 Å². The van der Waals surface area contributed by atoms with Gasteiger partial charge in [-0.05, 0) is 12.5 Å². The summed E-state index contributed by atoms with van der Waals surface area (Å²) in [7, 11) is 0. The molecular weight excluding hydrogens is 178 g/mol. The second kappa shape index (κ2) is 3.80. The summed E-state index contributed by atoms with van der Waals surface area (Å²) in [5.41, 5.74) is 5.46. The Labute approximate surface area is 83.6 Å². The highest BCUT2D eigenvalue weighted by molar-refractivity contribution is 5.79. The van der Waals surface area contributed by atoms with Crippen LogP contribution >= 0.6 is 0 Å². The molecule has 0 aliphatic rings. The van der Waals surface area contributed by atoms with Crippen molar-refractivity contribution in [2.24, 2.45) is 5.73 Å². The molecular formula is C11H15NO2. The van der Waals surface area contributed by atoms with Gasteiger partial charge >= 0.3 is 5.97 Å². The van der Waals surface area contributed by atoms with Crippen molar-refractivity contribution in [2.75, 3.05) is 0 Å². The van der Waals surface area contributed by atoms with Gasteiger partial charge in [0.25, 0.3) is 0 Å². The van der Waals surface area contributed by atoms with Crippen molar-refractivity contribution in [3.63, 3.8) is 0 Å². The Morgan fingerprint density at radius 3 is 2.36 bits per heavy atom. The van der Waals surface area contributed by atoms with Crippen LogP contribution < -0.4 is 5.73 Å². The van der Waals surface area contributed by atoms with E-state index in [9.17, 15) is 4.79 Å². The lowest BCUT2D eigenvalue weighted by atomic mass is 9.83. The summed E-state index contributed by atoms with van der Waals surface area (Å²) >= 11 is 0. The normalized spacial score (nSPS) is 17.1. The first-order chi connectivity index (χ1) is 6.46. The lowest BCUT2D eigenvalue weighted by Crippen LogP contribution is -2.49. The van der Waals surface area contributed by atoms with Gasteiger partial charge in [0.1, 0.15) is 5.54 Å². The Morgan fingerprint density at radius 2 is 1.93 bits per heavy atom. The molecule has 0 amide bonds. The van der Waals surface area contributed by atoms with Gasteiger partial charge in [-0.15, -0.1) is 0 Å². The standard InChI is InChI=1S/C11H15NO2/c1-8(11(2,12)10(13)14)9-6-4-3-5-7-9/h3-8H,12H2,1-2H3,(H,13,14). The molecule has 0 fully saturated rings. The maximum absolute atomic E-state index is 10.9. The fraction of sp³-hybridized carbons (Fsp3) is 0.364. The minimum Gasteiger partial charge on any atom is -0.480 e. The van der Waals surface area contributed by atoms with Crippen LogP contribution in [0.3, 0.4) is 0 Å². The summed E-state index contributed by atoms with van der Waals surface area (Å²) < 4.78 is 0. The molecule has 1 aromatic carbocycles. The third-order valence-corrected chi connectivity index (χ3v) is 2.66. The average molecular weight is 193 g/mol. The Morgan fingerprint density at radius 1 is 1.43 bits per heavy atom. The third-order valence-electron chi connectivity index (χ3n) is 2.66. The monoisotopic (exact) mass is 193 g/mol. The first kappa shape index (κ1) is 10.7. The van der Waals surface area contributed by atoms with Crippen molar-refractivity contribution in [1.29, 1.82) is 0 Å². The smallest absolute Gasteiger partial charge is 0.324 e. The Bertz CT molecular complexity index is 319. The number of carboxylic acids is 1. The third kappa shape index (κ3) is 1.93. The topological polar surface area (TPSA) is 63.3 Å². The number of hydrogen-bond donors (Lipinski definition) is 2. The highest BCUT2D eigenvalue weighted by atomic mass is 16.4. The minimum absolute atomic E-state index is 0.207. The van der Waals surface area contributed by atoms with Crippen LogP contribution in [0.15, 0.2) is 30.3 Å². The molecule has 0 heterocycles. The molecule has 3 N–H and O–H groups in total. The van der Waals surface area contributed by atoms with Crippen LogP contribution in [0.2, 0.25) is 0 Å². The van der Waals surface area contributed by atoms with Crippen molar-refractivity contribution >= 4 is 5.97 Å². The van der Waals surface area contributed by atoms with Gasteiger partial charge in [0.2, 0.25) is 0 Å². The summed E-state index contributed by atoms with van der Waals surface area (Å²) in [6.07, 6.45) is 0. The summed E-state index contributed by atoms with van der Waals surface area (Å²) in [4.78, 5) is 10.9. The zero-order chi connectivity index (χ0) is 10.8. The van der Waals surface area contributed by atoms with Crippen molar-refractivity contribution in [3.05, 3.63) is 35.9 Å². The van der Waals surface area contributed by atoms with Gasteiger partial charge in [-0.2, -0.15) is 0 Å². The molecule has 0 aromatic heterocycles. The van der Waals surface area contributed by atoms with E-state index in [0.717, 1.165) is 5.56 Å². The minimum atomic E-state index is -1.22. The molecule has 3 nitrogen and oxygen atoms in total. The van der Waals surface area contributed by atoms with Crippen LogP contribution in [0.25, 0.3) is 0 Å². The van der Waals surface area contributed by atoms with E-state index in [-0.39, 0.29) is 5.92 Å². The molecule has 0 saturated heterocycles. The van der Waals surface area contributed by atoms with E-state index in [0.29, 0.717) is 0 Å². The molecule has 76 valence electrons. The second-order valence-corrected chi connectivity index (χ2v) is 3.72. The molecule has 0 aliphatic carbocycles. The Hall–Kier alpha value is -1.35. The molecule has 0 bridgehead atoms. The average Bonchev–Trinajstić information content (AvgIpc) is 2.17. The number of carbonyl (C=O) groups is 1. The summed E-state index contributed by atoms with van der Waals surface area (Å²) in [6.45, 7) is 3.36. The molecule has 0 spiro atoms. The first-order valence-corrected chi connectivity index (χ1v) is 4.53. The predicted octanol–water partition coefficient (Wildman–Crippen LogP) is 1.59. The van der Waals surface area contributed by atoms with Gasteiger partial charge in [0.05, 0.1) is 0 Å². The summed E-state index contributed by atoms with van der Waals surface area (Å²) in [5.74, 6) is -1.19. The number of aliphatic carboxylic acids is 1. The summed E-state index contributed by atoms with van der Waals surface area (Å²) in [6, 6.07) is 9.43. The highest BCUT2D eigenvalue weighted by Gasteiger charge is 2.35. The molecule has 1 rings (SSSR count). The van der Waals surface area contributed by atoms with Crippen molar-refractivity contribution < 1.29 is 9.90 Å². The predicted molar refractivity (Wildman–Crippen MR) is 55.1 cm³/mol. The van der Waals surface area contributed by atoms with Crippen LogP contribution in [0.5, 0.6) is 0 Å². The van der Waals surface area contributed by atoms with Gasteiger partial charge in [0, 0.05) is 5.92 Å². The number of carboxylic acid groups (broad SMARTS) is 1. The molecule has 2 atom stereocenters. The fourth-order valence-electron chi connectivity index (χ4n) is 1.27. The van der Waals surface area contributed by atoms with E-state index in [4.69, 9.17) is 10.8 Å². The maximum atomic E-state index is 10.9. The molecule has 3 heteroatoms. The van der Waals surface area contributed by atoms with E-state index in [1.165, 1.54) is 6.92 Å². The van der Waals surface area contributed by atoms with Crippen molar-refractivity contribution in [2.45, 2.75) is 25.3 Å². The molecule has 0 aliphatic heterocycles. The number of hydrogen-bond acceptors (Lipinski definition) is 2. The van der Waals surface area contributed by atoms with Crippen molar-refractivity contribution in [1.82, 2.24) is 0 Å². The zero-order valence-corrected chi connectivity index (χ0v) is 8.40. The number of rotatable bonds is 3. The van der Waals surface area contributed by atoms with E-state index >= 15 is 0 Å². The van der Waals surface area contributed by atoms with Crippen molar-refractivity contribution in [3.8, 4) is 0 Å². The summed E-state index contributed by atoms with van der Waals surface area (Å²) in [5, 5.41) is 8.95. The fourth-order valence-corrected chi connectivity index (χ4v) is 1.27. The lowest BCUT2D eigenvalue weighted by Gasteiger charge is -2.27. The van der Waals surface area contributed by atoms with Crippen LogP contribution in [0, 0.1) is 0 Å². The van der Waals surface area contributed by atoms with Crippen LogP contribution in [-0.2, 0) is 4.79 Å². The van der Waals surface area contributed by atoms with Gasteiger partial charge < -0.3 is 10.8 Å². The van der Waals surface area contributed by atoms with E-state index < -0.39 is 11.5 Å². The van der Waals surface area contributed by atoms with E-state index in [1.807, 2.05) is 37.3 Å². The molecule has 1 aromatic rings. The van der Waals surface area contributed by atoms with Crippen LogP contribution in [0.4, 0.5) is 0 Å². The van der Waals surface area contributed by atoms with Gasteiger partial charge in [-0.1, -0.05) is 37.3 Å². The number of nitrogens with two attached hydrogens (primary N) is 1. The zero-order valence-electron chi connectivity index (χ0n) is 8.40. The largest absolute Gasteiger partial charge is 0.480 e.